The summed E-state index contributed by atoms with van der Waals surface area (Å²) in [5, 5.41) is 8.04. The molecule has 0 aliphatic carbocycles. The van der Waals surface area contributed by atoms with Gasteiger partial charge in [0.25, 0.3) is 0 Å². The Kier molecular flexibility index (Phi) is 4.81. The topological polar surface area (TPSA) is 75.9 Å². The third-order valence-corrected chi connectivity index (χ3v) is 5.98. The van der Waals surface area contributed by atoms with E-state index in [0.717, 1.165) is 34.9 Å². The van der Waals surface area contributed by atoms with Crippen molar-refractivity contribution in [3.05, 3.63) is 36.8 Å². The van der Waals surface area contributed by atoms with E-state index in [1.54, 1.807) is 10.9 Å². The van der Waals surface area contributed by atoms with Crippen LogP contribution in [0.5, 0.6) is 0 Å². The van der Waals surface area contributed by atoms with Crippen molar-refractivity contribution in [3.8, 4) is 11.1 Å². The molecule has 1 amide bonds. The molecule has 0 radical (unpaired) electrons. The highest BCUT2D eigenvalue weighted by molar-refractivity contribution is 6.45. The minimum absolute atomic E-state index is 0.00367. The van der Waals surface area contributed by atoms with Crippen LogP contribution < -0.4 is 5.32 Å². The van der Waals surface area contributed by atoms with Crippen molar-refractivity contribution in [1.82, 2.24) is 24.6 Å². The average Bonchev–Trinajstić information content (AvgIpc) is 3.18. The van der Waals surface area contributed by atoms with Crippen molar-refractivity contribution in [1.29, 1.82) is 0 Å². The van der Waals surface area contributed by atoms with Gasteiger partial charge in [0.2, 0.25) is 11.9 Å². The van der Waals surface area contributed by atoms with Gasteiger partial charge in [0.05, 0.1) is 18.3 Å². The number of amides is 1. The lowest BCUT2D eigenvalue weighted by Crippen LogP contribution is -2.58. The number of carbonyl (C=O) groups excluding carboxylic acids is 1. The van der Waals surface area contributed by atoms with Crippen molar-refractivity contribution in [2.24, 2.45) is 7.05 Å². The number of anilines is 1. The predicted molar refractivity (Wildman–Crippen MR) is 126 cm³/mol. The van der Waals surface area contributed by atoms with E-state index < -0.39 is 0 Å². The quantitative estimate of drug-likeness (QED) is 0.523. The summed E-state index contributed by atoms with van der Waals surface area (Å²) in [5.74, 6) is 0.247. The van der Waals surface area contributed by atoms with Crippen LogP contribution in [0.3, 0.4) is 0 Å². The Morgan fingerprint density at radius 1 is 1.14 bits per heavy atom. The summed E-state index contributed by atoms with van der Waals surface area (Å²) < 4.78 is 1.77. The third kappa shape index (κ3) is 3.96. The van der Waals surface area contributed by atoms with E-state index in [2.05, 4.69) is 56.7 Å². The Morgan fingerprint density at radius 2 is 1.86 bits per heavy atom. The number of rotatable bonds is 4. The molecular weight excluding hydrogens is 359 g/mol. The molecular formula is C18H24B4N6O. The first-order valence-corrected chi connectivity index (χ1v) is 9.97. The Hall–Kier alpha value is -2.54. The van der Waals surface area contributed by atoms with Gasteiger partial charge in [-0.05, 0) is 35.1 Å². The molecule has 1 aliphatic heterocycles. The fourth-order valence-electron chi connectivity index (χ4n) is 4.27. The van der Waals surface area contributed by atoms with E-state index in [0.29, 0.717) is 12.5 Å². The van der Waals surface area contributed by atoms with Crippen LogP contribution in [0.2, 0.25) is 0 Å². The maximum absolute atomic E-state index is 12.7. The van der Waals surface area contributed by atoms with Gasteiger partial charge in [0, 0.05) is 30.4 Å². The van der Waals surface area contributed by atoms with Gasteiger partial charge < -0.3 is 4.90 Å². The van der Waals surface area contributed by atoms with Gasteiger partial charge in [-0.15, -0.1) is 0 Å². The van der Waals surface area contributed by atoms with E-state index >= 15 is 0 Å². The first-order chi connectivity index (χ1) is 13.6. The van der Waals surface area contributed by atoms with Crippen molar-refractivity contribution in [2.45, 2.75) is 23.5 Å². The van der Waals surface area contributed by atoms with Crippen LogP contribution in [0.4, 0.5) is 5.95 Å². The van der Waals surface area contributed by atoms with Crippen LogP contribution in [0, 0.1) is 0 Å². The van der Waals surface area contributed by atoms with Gasteiger partial charge in [0.1, 0.15) is 31.4 Å². The second-order valence-corrected chi connectivity index (χ2v) is 9.13. The van der Waals surface area contributed by atoms with Crippen LogP contribution in [-0.4, -0.2) is 79.2 Å². The number of carbonyl (C=O) groups is 1. The van der Waals surface area contributed by atoms with Gasteiger partial charge in [0.15, 0.2) is 0 Å². The highest BCUT2D eigenvalue weighted by atomic mass is 16.2. The molecule has 0 spiro atoms. The molecule has 29 heavy (non-hydrogen) atoms. The summed E-state index contributed by atoms with van der Waals surface area (Å²) in [4.78, 5) is 23.9. The number of aromatic nitrogens is 4. The summed E-state index contributed by atoms with van der Waals surface area (Å²) in [6.45, 7) is 0.330. The second-order valence-electron chi connectivity index (χ2n) is 9.13. The first kappa shape index (κ1) is 19.8. The maximum Gasteiger partial charge on any atom is 0.240 e. The first-order valence-electron chi connectivity index (χ1n) is 9.97. The lowest BCUT2D eigenvalue weighted by atomic mass is 9.58. The number of nitrogens with zero attached hydrogens (tertiary/aromatic N) is 5. The molecule has 144 valence electrons. The molecule has 4 rings (SSSR count). The van der Waals surface area contributed by atoms with Gasteiger partial charge in [-0.2, -0.15) is 5.10 Å². The van der Waals surface area contributed by atoms with Crippen LogP contribution in [0.25, 0.3) is 22.0 Å². The number of benzene rings is 1. The second kappa shape index (κ2) is 7.06. The molecule has 1 N–H and O–H groups in total. The zero-order chi connectivity index (χ0) is 20.8. The zero-order valence-corrected chi connectivity index (χ0v) is 17.7. The monoisotopic (exact) mass is 384 g/mol. The molecule has 3 aromatic rings. The van der Waals surface area contributed by atoms with E-state index in [-0.39, 0.29) is 16.6 Å². The molecule has 1 saturated heterocycles. The van der Waals surface area contributed by atoms with Gasteiger partial charge in [-0.1, -0.05) is 12.1 Å². The Balaban J connectivity index is 1.54. The SMILES string of the molecule is BC1(B)CCC(B)(B)N1CC(=O)Nc1ncc2ccc(-c3cnn(C)c3)cc2n1. The fourth-order valence-corrected chi connectivity index (χ4v) is 4.27. The highest BCUT2D eigenvalue weighted by Crippen LogP contribution is 2.33. The minimum Gasteiger partial charge on any atom is -0.314 e. The molecule has 1 aliphatic rings. The zero-order valence-electron chi connectivity index (χ0n) is 17.7. The van der Waals surface area contributed by atoms with E-state index in [4.69, 9.17) is 0 Å². The molecule has 1 fully saturated rings. The van der Waals surface area contributed by atoms with Crippen LogP contribution >= 0.6 is 0 Å². The van der Waals surface area contributed by atoms with Crippen molar-refractivity contribution in [2.75, 3.05) is 11.9 Å². The van der Waals surface area contributed by atoms with Crippen molar-refractivity contribution >= 4 is 54.1 Å². The standard InChI is InChI=1S/C18H24B4N6O/c1-27-9-13(8-24-27)11-2-3-12-7-23-16(25-14(12)6-11)26-15(29)10-28-17(19,20)4-5-18(28,21)22/h2-3,6-9H,4-5,10,19-22H2,1H3,(H,23,25,26,29). The molecule has 11 heteroatoms. The summed E-state index contributed by atoms with van der Waals surface area (Å²) >= 11 is 0. The van der Waals surface area contributed by atoms with Crippen molar-refractivity contribution in [3.63, 3.8) is 0 Å². The van der Waals surface area contributed by atoms with Gasteiger partial charge in [-0.3, -0.25) is 14.8 Å². The number of hydrogen-bond acceptors (Lipinski definition) is 5. The summed E-state index contributed by atoms with van der Waals surface area (Å²) in [6, 6.07) is 6.01. The third-order valence-electron chi connectivity index (χ3n) is 5.98. The largest absolute Gasteiger partial charge is 0.314 e. The molecule has 3 heterocycles. The van der Waals surface area contributed by atoms with Gasteiger partial charge >= 0.3 is 0 Å². The predicted octanol–water partition coefficient (Wildman–Crippen LogP) is -2.10. The number of aryl methyl sites for hydroxylation is 1. The number of fused-ring (bicyclic) bond motifs is 1. The van der Waals surface area contributed by atoms with Crippen LogP contribution in [0.1, 0.15) is 12.8 Å². The van der Waals surface area contributed by atoms with E-state index in [1.165, 1.54) is 0 Å². The number of nitrogens with one attached hydrogen (secondary N) is 1. The molecule has 0 unspecified atom stereocenters. The maximum atomic E-state index is 12.7. The number of hydrogen-bond donors (Lipinski definition) is 1. The fraction of sp³-hybridized carbons (Fsp3) is 0.333. The summed E-state index contributed by atoms with van der Waals surface area (Å²) in [7, 11) is 10.7. The molecule has 0 saturated carbocycles. The van der Waals surface area contributed by atoms with Crippen LogP contribution in [-0.2, 0) is 11.8 Å². The Labute approximate surface area is 174 Å². The summed E-state index contributed by atoms with van der Waals surface area (Å²) in [6.07, 6.45) is 7.69. The molecule has 0 atom stereocenters. The van der Waals surface area contributed by atoms with E-state index in [1.807, 2.05) is 37.6 Å². The Bertz CT molecular complexity index is 1070. The van der Waals surface area contributed by atoms with Crippen LogP contribution in [0.15, 0.2) is 36.8 Å². The smallest absolute Gasteiger partial charge is 0.240 e. The number of likely N-dealkylation sites (tertiary alicyclic amines) is 1. The van der Waals surface area contributed by atoms with Gasteiger partial charge in [-0.25, -0.2) is 9.97 Å². The lowest BCUT2D eigenvalue weighted by molar-refractivity contribution is -0.117. The lowest BCUT2D eigenvalue weighted by Gasteiger charge is -2.40. The van der Waals surface area contributed by atoms with E-state index in [9.17, 15) is 4.79 Å². The molecule has 0 bridgehead atoms. The Morgan fingerprint density at radius 3 is 2.52 bits per heavy atom. The normalized spacial score (nSPS) is 18.1. The average molecular weight is 384 g/mol. The van der Waals surface area contributed by atoms with Crippen molar-refractivity contribution < 1.29 is 4.79 Å². The molecule has 2 aromatic heterocycles. The summed E-state index contributed by atoms with van der Waals surface area (Å²) in [5.41, 5.74) is 2.85. The highest BCUT2D eigenvalue weighted by Gasteiger charge is 2.44. The molecule has 1 aromatic carbocycles. The molecule has 7 nitrogen and oxygen atoms in total. The minimum atomic E-state index is -0.0872.